The van der Waals surface area contributed by atoms with Crippen molar-refractivity contribution < 1.29 is 9.13 Å². The fourth-order valence-corrected chi connectivity index (χ4v) is 8.39. The first kappa shape index (κ1) is 23.3. The van der Waals surface area contributed by atoms with Gasteiger partial charge in [0.2, 0.25) is 23.0 Å². The molecule has 5 aromatic rings. The Labute approximate surface area is 229 Å². The molecule has 2 aliphatic heterocycles. The van der Waals surface area contributed by atoms with Gasteiger partial charge >= 0.3 is 0 Å². The van der Waals surface area contributed by atoms with E-state index in [-0.39, 0.29) is 17.0 Å². The third-order valence-corrected chi connectivity index (χ3v) is 9.98. The van der Waals surface area contributed by atoms with Gasteiger partial charge in [-0.25, -0.2) is 0 Å². The normalized spacial score (nSPS) is 22.7. The molecule has 186 valence electrons. The summed E-state index contributed by atoms with van der Waals surface area (Å²) in [7, 11) is 0. The van der Waals surface area contributed by atoms with Gasteiger partial charge in [-0.2, -0.15) is 20.5 Å². The van der Waals surface area contributed by atoms with Crippen molar-refractivity contribution in [1.82, 2.24) is 0 Å². The minimum atomic E-state index is -0.314. The molecule has 0 bridgehead atoms. The van der Waals surface area contributed by atoms with Gasteiger partial charge in [0.25, 0.3) is 0 Å². The Morgan fingerprint density at radius 3 is 2.37 bits per heavy atom. The van der Waals surface area contributed by atoms with Gasteiger partial charge in [-0.1, -0.05) is 50.8 Å². The van der Waals surface area contributed by atoms with Gasteiger partial charge in [0.15, 0.2) is 12.4 Å². The maximum Gasteiger partial charge on any atom is 0.213 e. The lowest BCUT2D eigenvalue weighted by molar-refractivity contribution is -0.781. The minimum absolute atomic E-state index is 0.121. The van der Waals surface area contributed by atoms with Crippen LogP contribution in [0.3, 0.4) is 0 Å². The van der Waals surface area contributed by atoms with E-state index in [1.807, 2.05) is 0 Å². The molecule has 0 aliphatic carbocycles. The molecule has 0 fully saturated rings. The highest BCUT2D eigenvalue weighted by Crippen LogP contribution is 2.58. The molecule has 3 atom stereocenters. The number of thiophene rings is 1. The number of nitrogens with zero attached hydrogens (tertiary/aromatic N) is 2. The molecule has 0 amide bonds. The van der Waals surface area contributed by atoms with E-state index in [1.165, 1.54) is 44.8 Å². The molecule has 3 aromatic heterocycles. The molecule has 0 N–H and O–H groups in total. The second kappa shape index (κ2) is 8.61. The number of rotatable bonds is 5. The lowest BCUT2D eigenvalue weighted by atomic mass is 9.54. The minimum Gasteiger partial charge on any atom is -0.190 e. The van der Waals surface area contributed by atoms with Crippen LogP contribution in [0.2, 0.25) is 0 Å². The zero-order valence-electron chi connectivity index (χ0n) is 22.0. The van der Waals surface area contributed by atoms with Crippen LogP contribution in [0.1, 0.15) is 43.9 Å². The first-order valence-electron chi connectivity index (χ1n) is 13.6. The number of hydrogen-bond donors (Lipinski definition) is 0. The van der Waals surface area contributed by atoms with Crippen LogP contribution in [0.5, 0.6) is 0 Å². The Bertz CT molecular complexity index is 1680. The van der Waals surface area contributed by atoms with E-state index in [2.05, 4.69) is 144 Å². The van der Waals surface area contributed by atoms with Crippen molar-refractivity contribution in [3.63, 3.8) is 0 Å². The predicted molar refractivity (Wildman–Crippen MR) is 156 cm³/mol. The van der Waals surface area contributed by atoms with E-state index in [9.17, 15) is 0 Å². The van der Waals surface area contributed by atoms with Crippen LogP contribution in [0.4, 0.5) is 0 Å². The Hall–Kier alpha value is -3.82. The molecule has 0 spiro atoms. The first-order chi connectivity index (χ1) is 18.7. The first-order valence-corrected chi connectivity index (χ1v) is 14.6. The van der Waals surface area contributed by atoms with Crippen LogP contribution in [-0.2, 0) is 11.0 Å². The van der Waals surface area contributed by atoms with Gasteiger partial charge in [-0.15, -0.1) is 0 Å². The van der Waals surface area contributed by atoms with Gasteiger partial charge in [-0.05, 0) is 70.3 Å². The van der Waals surface area contributed by atoms with Gasteiger partial charge in [-0.3, -0.25) is 0 Å². The highest BCUT2D eigenvalue weighted by atomic mass is 32.1. The summed E-state index contributed by atoms with van der Waals surface area (Å²) < 4.78 is 5.07. The molecule has 2 nitrogen and oxygen atoms in total. The Morgan fingerprint density at radius 1 is 0.816 bits per heavy atom. The van der Waals surface area contributed by atoms with E-state index in [1.54, 1.807) is 11.3 Å². The second-order valence-corrected chi connectivity index (χ2v) is 11.3. The third kappa shape index (κ3) is 2.83. The van der Waals surface area contributed by atoms with Crippen LogP contribution >= 0.6 is 11.3 Å². The van der Waals surface area contributed by atoms with Crippen molar-refractivity contribution in [2.24, 2.45) is 0 Å². The van der Waals surface area contributed by atoms with Gasteiger partial charge in [0, 0.05) is 36.2 Å². The van der Waals surface area contributed by atoms with E-state index in [0.29, 0.717) is 0 Å². The summed E-state index contributed by atoms with van der Waals surface area (Å²) in [6.45, 7) is 9.25. The van der Waals surface area contributed by atoms with Crippen LogP contribution in [-0.4, -0.2) is 0 Å². The van der Waals surface area contributed by atoms with Crippen LogP contribution in [0.25, 0.3) is 33.6 Å². The number of fused-ring (bicyclic) bond motifs is 6. The number of hydrogen-bond acceptors (Lipinski definition) is 1. The summed E-state index contributed by atoms with van der Waals surface area (Å²) in [5.41, 5.74) is 10.0. The summed E-state index contributed by atoms with van der Waals surface area (Å²) in [6.07, 6.45) is 8.73. The summed E-state index contributed by atoms with van der Waals surface area (Å²) in [5, 5.41) is 4.40. The highest BCUT2D eigenvalue weighted by molar-refractivity contribution is 7.08. The molecule has 0 radical (unpaired) electrons. The van der Waals surface area contributed by atoms with E-state index >= 15 is 0 Å². The van der Waals surface area contributed by atoms with Crippen molar-refractivity contribution in [2.75, 3.05) is 0 Å². The average Bonchev–Trinajstić information content (AvgIpc) is 3.63. The van der Waals surface area contributed by atoms with E-state index < -0.39 is 0 Å². The molecule has 0 saturated heterocycles. The summed E-state index contributed by atoms with van der Waals surface area (Å²) in [5.74, 6) is 0. The molecule has 3 heteroatoms. The average molecular weight is 513 g/mol. The van der Waals surface area contributed by atoms with Crippen molar-refractivity contribution in [1.29, 1.82) is 0 Å². The number of benzene rings is 2. The standard InChI is InChI=1S/C35H32N2S/c1-4-34(5-2)35(6-3,30-14-8-7-13-28(30)32-16-10-12-21-37(32)34)33-27-18-17-25(26-19-22-38-24-26)23-29(27)31-15-9-11-20-36(31)33/h4,7-24,33H,1,5-6H2,2-3H3/q+2. The number of pyridine rings is 2. The molecular formula is C35H32N2S+2. The SMILES string of the molecule is C=CC1(CC)[n+]2ccccc2-c2ccccc2C1(CC)C1c2ccc(-c3ccsc3)cc2-c2cccc[n+]21. The van der Waals surface area contributed by atoms with Crippen molar-refractivity contribution in [2.45, 2.75) is 43.7 Å². The molecule has 5 heterocycles. The Balaban J connectivity index is 1.59. The Kier molecular flexibility index (Phi) is 5.28. The van der Waals surface area contributed by atoms with Crippen molar-refractivity contribution in [3.05, 3.63) is 132 Å². The number of allylic oxidation sites excluding steroid dienone is 1. The van der Waals surface area contributed by atoms with Crippen LogP contribution < -0.4 is 9.13 Å². The quantitative estimate of drug-likeness (QED) is 0.167. The van der Waals surface area contributed by atoms with Crippen molar-refractivity contribution in [3.8, 4) is 33.6 Å². The summed E-state index contributed by atoms with van der Waals surface area (Å²) in [6, 6.07) is 31.8. The molecule has 7 rings (SSSR count). The maximum absolute atomic E-state index is 4.54. The largest absolute Gasteiger partial charge is 0.213 e. The van der Waals surface area contributed by atoms with Crippen LogP contribution in [0, 0.1) is 0 Å². The van der Waals surface area contributed by atoms with Crippen LogP contribution in [0.15, 0.2) is 121 Å². The lowest BCUT2D eigenvalue weighted by Crippen LogP contribution is -2.73. The molecule has 3 unspecified atom stereocenters. The highest BCUT2D eigenvalue weighted by Gasteiger charge is 2.69. The third-order valence-electron chi connectivity index (χ3n) is 9.29. The molecule has 2 aromatic carbocycles. The molecule has 0 saturated carbocycles. The van der Waals surface area contributed by atoms with E-state index in [0.717, 1.165) is 12.8 Å². The van der Waals surface area contributed by atoms with Gasteiger partial charge < -0.3 is 0 Å². The fourth-order valence-electron chi connectivity index (χ4n) is 7.73. The summed E-state index contributed by atoms with van der Waals surface area (Å²) >= 11 is 1.75. The second-order valence-electron chi connectivity index (χ2n) is 10.5. The van der Waals surface area contributed by atoms with E-state index in [4.69, 9.17) is 0 Å². The summed E-state index contributed by atoms with van der Waals surface area (Å²) in [4.78, 5) is 0. The fraction of sp³-hybridized carbons (Fsp3) is 0.200. The molecule has 38 heavy (non-hydrogen) atoms. The van der Waals surface area contributed by atoms with Gasteiger partial charge in [0.1, 0.15) is 5.41 Å². The number of aromatic nitrogens is 2. The lowest BCUT2D eigenvalue weighted by Gasteiger charge is -2.49. The maximum atomic E-state index is 4.54. The predicted octanol–water partition coefficient (Wildman–Crippen LogP) is 7.88. The topological polar surface area (TPSA) is 7.76 Å². The zero-order chi connectivity index (χ0) is 25.9. The van der Waals surface area contributed by atoms with Gasteiger partial charge in [0.05, 0.1) is 11.1 Å². The van der Waals surface area contributed by atoms with Crippen molar-refractivity contribution >= 4 is 11.3 Å². The monoisotopic (exact) mass is 512 g/mol. The Morgan fingerprint density at radius 2 is 1.61 bits per heavy atom. The molecular weight excluding hydrogens is 480 g/mol. The molecule has 2 aliphatic rings. The zero-order valence-corrected chi connectivity index (χ0v) is 22.8. The smallest absolute Gasteiger partial charge is 0.190 e.